The summed E-state index contributed by atoms with van der Waals surface area (Å²) in [6, 6.07) is 11.1. The van der Waals surface area contributed by atoms with E-state index in [0.29, 0.717) is 5.56 Å². The Hall–Kier alpha value is -1.35. The molecule has 0 aliphatic heterocycles. The Morgan fingerprint density at radius 2 is 2.21 bits per heavy atom. The minimum absolute atomic E-state index is 0.568. The van der Waals surface area contributed by atoms with Crippen molar-refractivity contribution in [2.75, 3.05) is 0 Å². The maximum Gasteiger partial charge on any atom is 0.115 e. The fraction of sp³-hybridized carbons (Fsp3) is 0.143. The van der Waals surface area contributed by atoms with E-state index in [9.17, 15) is 5.11 Å². The summed E-state index contributed by atoms with van der Waals surface area (Å²) in [5, 5.41) is 19.6. The first kappa shape index (κ1) is 14.1. The first-order valence-corrected chi connectivity index (χ1v) is 7.23. The predicted molar refractivity (Wildman–Crippen MR) is 77.9 cm³/mol. The highest BCUT2D eigenvalue weighted by atomic mass is 79.9. The van der Waals surface area contributed by atoms with Crippen molar-refractivity contribution in [3.05, 3.63) is 52.1 Å². The molecule has 0 aliphatic rings. The number of aliphatic hydroxyl groups excluding tert-OH is 1. The Kier molecular flexibility index (Phi) is 4.59. The number of hydrogen-bond donors (Lipinski definition) is 1. The van der Waals surface area contributed by atoms with Crippen LogP contribution in [-0.2, 0) is 0 Å². The highest BCUT2D eigenvalue weighted by Gasteiger charge is 2.12. The molecule has 1 N–H and O–H groups in total. The van der Waals surface area contributed by atoms with E-state index in [1.165, 1.54) is 11.8 Å². The van der Waals surface area contributed by atoms with Crippen molar-refractivity contribution < 1.29 is 5.11 Å². The van der Waals surface area contributed by atoms with Crippen LogP contribution < -0.4 is 0 Å². The number of halogens is 1. The van der Waals surface area contributed by atoms with E-state index >= 15 is 0 Å². The maximum atomic E-state index is 9.79. The molecule has 3 nitrogen and oxygen atoms in total. The fourth-order valence-corrected chi connectivity index (χ4v) is 3.12. The van der Waals surface area contributed by atoms with Crippen LogP contribution in [0.2, 0.25) is 0 Å². The molecule has 2 rings (SSSR count). The van der Waals surface area contributed by atoms with Crippen LogP contribution in [0.15, 0.2) is 50.9 Å². The smallest absolute Gasteiger partial charge is 0.115 e. The maximum absolute atomic E-state index is 9.79. The van der Waals surface area contributed by atoms with Crippen molar-refractivity contribution >= 4 is 27.7 Å². The monoisotopic (exact) mass is 334 g/mol. The van der Waals surface area contributed by atoms with Gasteiger partial charge in [0.15, 0.2) is 0 Å². The van der Waals surface area contributed by atoms with Crippen LogP contribution in [0, 0.1) is 11.3 Å². The molecule has 96 valence electrons. The lowest BCUT2D eigenvalue weighted by Crippen LogP contribution is -1.95. The van der Waals surface area contributed by atoms with Crippen LogP contribution >= 0.6 is 27.7 Å². The number of pyridine rings is 1. The summed E-state index contributed by atoms with van der Waals surface area (Å²) in [5.41, 5.74) is 1.36. The number of nitriles is 1. The van der Waals surface area contributed by atoms with Crippen molar-refractivity contribution in [2.24, 2.45) is 0 Å². The lowest BCUT2D eigenvalue weighted by molar-refractivity contribution is 0.196. The molecule has 1 atom stereocenters. The normalized spacial score (nSPS) is 11.9. The van der Waals surface area contributed by atoms with Crippen LogP contribution in [0.3, 0.4) is 0 Å². The summed E-state index contributed by atoms with van der Waals surface area (Å²) >= 11 is 4.87. The van der Waals surface area contributed by atoms with E-state index in [4.69, 9.17) is 5.26 Å². The Bertz CT molecular complexity index is 638. The van der Waals surface area contributed by atoms with Crippen LogP contribution in [0.25, 0.3) is 0 Å². The van der Waals surface area contributed by atoms with E-state index in [2.05, 4.69) is 27.0 Å². The van der Waals surface area contributed by atoms with Gasteiger partial charge in [-0.1, -0.05) is 17.8 Å². The Labute approximate surface area is 124 Å². The van der Waals surface area contributed by atoms with Crippen molar-refractivity contribution in [1.29, 1.82) is 5.26 Å². The fourth-order valence-electron chi connectivity index (χ4n) is 1.59. The van der Waals surface area contributed by atoms with Gasteiger partial charge in [-0.3, -0.25) is 0 Å². The van der Waals surface area contributed by atoms with Crippen LogP contribution in [-0.4, -0.2) is 10.1 Å². The summed E-state index contributed by atoms with van der Waals surface area (Å²) in [5.74, 6) is 0. The van der Waals surface area contributed by atoms with E-state index in [1.54, 1.807) is 31.3 Å². The molecule has 0 radical (unpaired) electrons. The SMILES string of the molecule is C[C@@H](O)c1ccc(C#N)cc1Sc1ncccc1Br. The molecule has 0 fully saturated rings. The molecular weight excluding hydrogens is 324 g/mol. The first-order valence-electron chi connectivity index (χ1n) is 5.62. The molecule has 0 amide bonds. The topological polar surface area (TPSA) is 56.9 Å². The van der Waals surface area contributed by atoms with Crippen LogP contribution in [0.5, 0.6) is 0 Å². The quantitative estimate of drug-likeness (QED) is 0.924. The van der Waals surface area contributed by atoms with Gasteiger partial charge >= 0.3 is 0 Å². The average Bonchev–Trinajstić information content (AvgIpc) is 2.41. The van der Waals surface area contributed by atoms with Gasteiger partial charge < -0.3 is 5.11 Å². The zero-order valence-electron chi connectivity index (χ0n) is 10.2. The third-order valence-corrected chi connectivity index (χ3v) is 4.52. The number of nitrogens with zero attached hydrogens (tertiary/aromatic N) is 2. The number of rotatable bonds is 3. The average molecular weight is 335 g/mol. The summed E-state index contributed by atoms with van der Waals surface area (Å²) in [6.45, 7) is 1.71. The number of aliphatic hydroxyl groups is 1. The summed E-state index contributed by atoms with van der Waals surface area (Å²) in [6.07, 6.45) is 1.13. The van der Waals surface area contributed by atoms with Gasteiger partial charge in [-0.25, -0.2) is 4.98 Å². The van der Waals surface area contributed by atoms with Crippen LogP contribution in [0.1, 0.15) is 24.2 Å². The van der Waals surface area contributed by atoms with Gasteiger partial charge in [0.05, 0.1) is 22.2 Å². The van der Waals surface area contributed by atoms with Gasteiger partial charge in [0.1, 0.15) is 5.03 Å². The zero-order chi connectivity index (χ0) is 13.8. The molecule has 0 aliphatic carbocycles. The van der Waals surface area contributed by atoms with Crippen molar-refractivity contribution in [2.45, 2.75) is 22.9 Å². The molecule has 5 heteroatoms. The second-order valence-electron chi connectivity index (χ2n) is 3.93. The molecule has 0 unspecified atom stereocenters. The van der Waals surface area contributed by atoms with E-state index in [-0.39, 0.29) is 0 Å². The summed E-state index contributed by atoms with van der Waals surface area (Å²) in [7, 11) is 0. The number of aromatic nitrogens is 1. The molecule has 1 aromatic carbocycles. The molecular formula is C14H11BrN2OS. The lowest BCUT2D eigenvalue weighted by atomic mass is 10.1. The first-order chi connectivity index (χ1) is 9.11. The minimum Gasteiger partial charge on any atom is -0.389 e. The van der Waals surface area contributed by atoms with E-state index in [1.807, 2.05) is 12.1 Å². The van der Waals surface area contributed by atoms with Gasteiger partial charge in [-0.15, -0.1) is 0 Å². The van der Waals surface area contributed by atoms with Crippen molar-refractivity contribution in [3.8, 4) is 6.07 Å². The summed E-state index contributed by atoms with van der Waals surface area (Å²) < 4.78 is 0.888. The second-order valence-corrected chi connectivity index (χ2v) is 5.82. The van der Waals surface area contributed by atoms with Crippen LogP contribution in [0.4, 0.5) is 0 Å². The third-order valence-electron chi connectivity index (χ3n) is 2.52. The third kappa shape index (κ3) is 3.35. The lowest BCUT2D eigenvalue weighted by Gasteiger charge is -2.12. The Morgan fingerprint density at radius 3 is 2.84 bits per heavy atom. The van der Waals surface area contributed by atoms with E-state index < -0.39 is 6.10 Å². The molecule has 0 saturated carbocycles. The highest BCUT2D eigenvalue weighted by molar-refractivity contribution is 9.10. The molecule has 19 heavy (non-hydrogen) atoms. The van der Waals surface area contributed by atoms with Crippen molar-refractivity contribution in [1.82, 2.24) is 4.98 Å². The minimum atomic E-state index is -0.585. The second kappa shape index (κ2) is 6.20. The largest absolute Gasteiger partial charge is 0.389 e. The molecule has 0 bridgehead atoms. The predicted octanol–water partition coefficient (Wildman–Crippen LogP) is 3.92. The Balaban J connectivity index is 2.44. The van der Waals surface area contributed by atoms with Crippen molar-refractivity contribution in [3.63, 3.8) is 0 Å². The summed E-state index contributed by atoms with van der Waals surface area (Å²) in [4.78, 5) is 5.12. The molecule has 1 aromatic heterocycles. The molecule has 1 heterocycles. The number of benzene rings is 1. The van der Waals surface area contributed by atoms with Gasteiger partial charge in [-0.05, 0) is 52.7 Å². The highest BCUT2D eigenvalue weighted by Crippen LogP contribution is 2.36. The zero-order valence-corrected chi connectivity index (χ0v) is 12.6. The van der Waals surface area contributed by atoms with Gasteiger partial charge in [0.25, 0.3) is 0 Å². The number of hydrogen-bond acceptors (Lipinski definition) is 4. The van der Waals surface area contributed by atoms with Gasteiger partial charge in [0, 0.05) is 11.1 Å². The molecule has 2 aromatic rings. The van der Waals surface area contributed by atoms with Gasteiger partial charge in [-0.2, -0.15) is 5.26 Å². The van der Waals surface area contributed by atoms with E-state index in [0.717, 1.165) is 20.0 Å². The standard InChI is InChI=1S/C14H11BrN2OS/c1-9(18)11-5-4-10(8-16)7-13(11)19-14-12(15)3-2-6-17-14/h2-7,9,18H,1H3/t9-/m1/s1. The van der Waals surface area contributed by atoms with Gasteiger partial charge in [0.2, 0.25) is 0 Å². The Morgan fingerprint density at radius 1 is 1.42 bits per heavy atom. The molecule has 0 spiro atoms. The molecule has 0 saturated heterocycles.